The zero-order valence-corrected chi connectivity index (χ0v) is 20.3. The molecule has 1 aliphatic heterocycles. The Morgan fingerprint density at radius 3 is 2.64 bits per heavy atom. The lowest BCUT2D eigenvalue weighted by atomic mass is 9.85. The number of allylic oxidation sites excluding steroid dienone is 1. The summed E-state index contributed by atoms with van der Waals surface area (Å²) in [6.07, 6.45) is 3.10. The van der Waals surface area contributed by atoms with Gasteiger partial charge in [-0.05, 0) is 72.6 Å². The SMILES string of the molecule is COc1cc(CC(C)C)ccc1COc1ccc2c(c1)CCC(CN1CC(C(N)=O)C1)=C2C. The molecule has 2 aromatic carbocycles. The summed E-state index contributed by atoms with van der Waals surface area (Å²) in [5, 5.41) is 0. The molecule has 0 spiro atoms. The lowest BCUT2D eigenvalue weighted by Gasteiger charge is -2.39. The summed E-state index contributed by atoms with van der Waals surface area (Å²) in [7, 11) is 1.72. The van der Waals surface area contributed by atoms with E-state index in [0.29, 0.717) is 12.5 Å². The third-order valence-electron chi connectivity index (χ3n) is 6.87. The first-order valence-corrected chi connectivity index (χ1v) is 12.0. The fourth-order valence-corrected chi connectivity index (χ4v) is 4.91. The van der Waals surface area contributed by atoms with Crippen LogP contribution in [-0.2, 0) is 24.2 Å². The fourth-order valence-electron chi connectivity index (χ4n) is 4.91. The zero-order valence-electron chi connectivity index (χ0n) is 20.3. The third-order valence-corrected chi connectivity index (χ3v) is 6.87. The van der Waals surface area contributed by atoms with Gasteiger partial charge in [0.2, 0.25) is 5.91 Å². The molecular weight excluding hydrogens is 412 g/mol. The topological polar surface area (TPSA) is 64.8 Å². The lowest BCUT2D eigenvalue weighted by molar-refractivity contribution is -0.126. The van der Waals surface area contributed by atoms with Crippen molar-refractivity contribution >= 4 is 11.5 Å². The van der Waals surface area contributed by atoms with Crippen LogP contribution in [0.3, 0.4) is 0 Å². The van der Waals surface area contributed by atoms with Crippen molar-refractivity contribution in [3.05, 3.63) is 64.2 Å². The van der Waals surface area contributed by atoms with Gasteiger partial charge in [0.1, 0.15) is 18.1 Å². The molecule has 176 valence electrons. The number of fused-ring (bicyclic) bond motifs is 1. The molecule has 33 heavy (non-hydrogen) atoms. The number of primary amides is 1. The third kappa shape index (κ3) is 5.41. The largest absolute Gasteiger partial charge is 0.496 e. The van der Waals surface area contributed by atoms with Crippen molar-refractivity contribution < 1.29 is 14.3 Å². The predicted octanol–water partition coefficient (Wildman–Crippen LogP) is 4.61. The van der Waals surface area contributed by atoms with Gasteiger partial charge in [0.15, 0.2) is 0 Å². The van der Waals surface area contributed by atoms with E-state index in [0.717, 1.165) is 56.0 Å². The van der Waals surface area contributed by atoms with Gasteiger partial charge in [-0.1, -0.05) is 37.6 Å². The van der Waals surface area contributed by atoms with Gasteiger partial charge >= 0.3 is 0 Å². The van der Waals surface area contributed by atoms with Gasteiger partial charge in [0, 0.05) is 25.2 Å². The number of carbonyl (C=O) groups excluding carboxylic acids is 1. The number of ether oxygens (including phenoxy) is 2. The van der Waals surface area contributed by atoms with Crippen molar-refractivity contribution in [2.45, 2.75) is 46.6 Å². The van der Waals surface area contributed by atoms with Crippen molar-refractivity contribution in [2.24, 2.45) is 17.6 Å². The van der Waals surface area contributed by atoms with E-state index < -0.39 is 0 Å². The summed E-state index contributed by atoms with van der Waals surface area (Å²) < 4.78 is 11.8. The Hall–Kier alpha value is -2.79. The van der Waals surface area contributed by atoms with Crippen LogP contribution in [0, 0.1) is 11.8 Å². The second-order valence-electron chi connectivity index (χ2n) is 9.87. The first-order valence-electron chi connectivity index (χ1n) is 12.0. The standard InChI is InChI=1S/C28H36N2O3/c1-18(2)11-20-5-6-23(27(12-20)32-4)17-33-25-9-10-26-19(3)22(8-7-21(26)13-25)14-30-15-24(16-30)28(29)31/h5-6,9-10,12-13,18,24H,7-8,11,14-17H2,1-4H3,(H2,29,31). The number of hydrogen-bond acceptors (Lipinski definition) is 4. The van der Waals surface area contributed by atoms with Crippen LogP contribution < -0.4 is 15.2 Å². The van der Waals surface area contributed by atoms with Crippen molar-refractivity contribution in [2.75, 3.05) is 26.7 Å². The quantitative estimate of drug-likeness (QED) is 0.608. The number of methoxy groups -OCH3 is 1. The number of nitrogens with zero attached hydrogens (tertiary/aromatic N) is 1. The molecule has 1 amide bonds. The molecule has 0 unspecified atom stereocenters. The molecule has 0 atom stereocenters. The Morgan fingerprint density at radius 1 is 1.15 bits per heavy atom. The maximum atomic E-state index is 11.3. The predicted molar refractivity (Wildman–Crippen MR) is 132 cm³/mol. The van der Waals surface area contributed by atoms with E-state index in [1.54, 1.807) is 7.11 Å². The van der Waals surface area contributed by atoms with Gasteiger partial charge in [-0.25, -0.2) is 0 Å². The molecule has 2 aromatic rings. The first kappa shape index (κ1) is 23.4. The van der Waals surface area contributed by atoms with E-state index in [9.17, 15) is 4.79 Å². The van der Waals surface area contributed by atoms with E-state index in [-0.39, 0.29) is 11.8 Å². The van der Waals surface area contributed by atoms with Crippen LogP contribution in [-0.4, -0.2) is 37.6 Å². The summed E-state index contributed by atoms with van der Waals surface area (Å²) in [5.41, 5.74) is 13.2. The number of carbonyl (C=O) groups is 1. The molecule has 4 rings (SSSR count). The van der Waals surface area contributed by atoms with E-state index in [2.05, 4.69) is 62.1 Å². The number of benzene rings is 2. The molecule has 2 aliphatic rings. The van der Waals surface area contributed by atoms with Crippen LogP contribution >= 0.6 is 0 Å². The number of likely N-dealkylation sites (tertiary alicyclic amines) is 1. The number of amides is 1. The number of hydrogen-bond donors (Lipinski definition) is 1. The highest BCUT2D eigenvalue weighted by Gasteiger charge is 2.32. The van der Waals surface area contributed by atoms with Crippen LogP contribution in [0.15, 0.2) is 42.0 Å². The molecular formula is C28H36N2O3. The van der Waals surface area contributed by atoms with Crippen molar-refractivity contribution in [1.82, 2.24) is 4.90 Å². The van der Waals surface area contributed by atoms with Crippen LogP contribution in [0.2, 0.25) is 0 Å². The molecule has 0 radical (unpaired) electrons. The summed E-state index contributed by atoms with van der Waals surface area (Å²) >= 11 is 0. The minimum Gasteiger partial charge on any atom is -0.496 e. The van der Waals surface area contributed by atoms with E-state index in [1.807, 2.05) is 0 Å². The average Bonchev–Trinajstić information content (AvgIpc) is 2.75. The number of aryl methyl sites for hydroxylation is 1. The highest BCUT2D eigenvalue weighted by atomic mass is 16.5. The maximum Gasteiger partial charge on any atom is 0.223 e. The molecule has 5 nitrogen and oxygen atoms in total. The molecule has 0 bridgehead atoms. The Kier molecular flexibility index (Phi) is 7.08. The van der Waals surface area contributed by atoms with Crippen molar-refractivity contribution in [3.8, 4) is 11.5 Å². The summed E-state index contributed by atoms with van der Waals surface area (Å²) in [4.78, 5) is 13.6. The van der Waals surface area contributed by atoms with Crippen LogP contribution in [0.4, 0.5) is 0 Å². The minimum atomic E-state index is -0.178. The molecule has 2 N–H and O–H groups in total. The fraction of sp³-hybridized carbons (Fsp3) is 0.464. The van der Waals surface area contributed by atoms with Crippen molar-refractivity contribution in [1.29, 1.82) is 0 Å². The Balaban J connectivity index is 1.40. The number of rotatable bonds is 9. The second-order valence-corrected chi connectivity index (χ2v) is 9.87. The van der Waals surface area contributed by atoms with Crippen LogP contribution in [0.1, 0.15) is 49.4 Å². The highest BCUT2D eigenvalue weighted by molar-refractivity contribution is 5.78. The van der Waals surface area contributed by atoms with Gasteiger partial charge in [-0.3, -0.25) is 9.69 Å². The van der Waals surface area contributed by atoms with Gasteiger partial charge in [0.25, 0.3) is 0 Å². The van der Waals surface area contributed by atoms with Crippen LogP contribution in [0.5, 0.6) is 11.5 Å². The maximum absolute atomic E-state index is 11.3. The summed E-state index contributed by atoms with van der Waals surface area (Å²) in [5.74, 6) is 2.24. The Morgan fingerprint density at radius 2 is 1.94 bits per heavy atom. The normalized spacial score (nSPS) is 16.5. The van der Waals surface area contributed by atoms with Gasteiger partial charge < -0.3 is 15.2 Å². The lowest BCUT2D eigenvalue weighted by Crippen LogP contribution is -2.52. The van der Waals surface area contributed by atoms with Gasteiger partial charge in [0.05, 0.1) is 13.0 Å². The molecule has 1 heterocycles. The minimum absolute atomic E-state index is 0.0199. The monoisotopic (exact) mass is 448 g/mol. The first-order chi connectivity index (χ1) is 15.8. The van der Waals surface area contributed by atoms with Gasteiger partial charge in [-0.15, -0.1) is 0 Å². The summed E-state index contributed by atoms with van der Waals surface area (Å²) in [6, 6.07) is 12.9. The zero-order chi connectivity index (χ0) is 23.5. The molecule has 1 aliphatic carbocycles. The van der Waals surface area contributed by atoms with Crippen molar-refractivity contribution in [3.63, 3.8) is 0 Å². The molecule has 5 heteroatoms. The molecule has 0 aromatic heterocycles. The highest BCUT2D eigenvalue weighted by Crippen LogP contribution is 2.35. The Bertz CT molecular complexity index is 1050. The van der Waals surface area contributed by atoms with E-state index in [1.165, 1.54) is 27.8 Å². The number of nitrogens with two attached hydrogens (primary N) is 1. The smallest absolute Gasteiger partial charge is 0.223 e. The van der Waals surface area contributed by atoms with Crippen LogP contribution in [0.25, 0.3) is 5.57 Å². The molecule has 0 saturated carbocycles. The average molecular weight is 449 g/mol. The van der Waals surface area contributed by atoms with E-state index >= 15 is 0 Å². The second kappa shape index (κ2) is 10.0. The molecule has 1 saturated heterocycles. The summed E-state index contributed by atoms with van der Waals surface area (Å²) in [6.45, 7) is 9.65. The van der Waals surface area contributed by atoms with E-state index in [4.69, 9.17) is 15.2 Å². The Labute approximate surface area is 197 Å². The molecule has 1 fully saturated rings. The van der Waals surface area contributed by atoms with Gasteiger partial charge in [-0.2, -0.15) is 0 Å².